The summed E-state index contributed by atoms with van der Waals surface area (Å²) < 4.78 is 39.4. The van der Waals surface area contributed by atoms with Crippen LogP contribution in [0, 0.1) is 17.5 Å². The highest BCUT2D eigenvalue weighted by molar-refractivity contribution is 5.36. The molecule has 1 aliphatic heterocycles. The van der Waals surface area contributed by atoms with E-state index >= 15 is 0 Å². The average Bonchev–Trinajstić information content (AvgIpc) is 2.53. The number of hydrogen-bond acceptors (Lipinski definition) is 2. The third-order valence-electron chi connectivity index (χ3n) is 2.76. The quantitative estimate of drug-likeness (QED) is 0.719. The second kappa shape index (κ2) is 3.43. The molecule has 3 N–H and O–H groups in total. The van der Waals surface area contributed by atoms with Crippen LogP contribution in [-0.2, 0) is 5.41 Å². The number of nitrogens with two attached hydrogens (primary N) is 1. The summed E-state index contributed by atoms with van der Waals surface area (Å²) in [5, 5.41) is 2.83. The molecule has 1 unspecified atom stereocenters. The Balaban J connectivity index is 2.53. The Bertz CT molecular complexity index is 471. The third-order valence-corrected chi connectivity index (χ3v) is 2.76. The second-order valence-electron chi connectivity index (χ2n) is 4.12. The Morgan fingerprint density at radius 1 is 1.19 bits per heavy atom. The predicted molar refractivity (Wildman–Crippen MR) is 53.9 cm³/mol. The zero-order chi connectivity index (χ0) is 11.9. The van der Waals surface area contributed by atoms with Crippen molar-refractivity contribution >= 4 is 0 Å². The van der Waals surface area contributed by atoms with E-state index in [-0.39, 0.29) is 5.56 Å². The number of nitrogens with one attached hydrogen (secondary N) is 1. The molecule has 2 rings (SSSR count). The molecule has 0 spiro atoms. The molecule has 1 aliphatic rings. The summed E-state index contributed by atoms with van der Waals surface area (Å²) in [4.78, 5) is 0. The lowest BCUT2D eigenvalue weighted by Crippen LogP contribution is -2.28. The molecule has 1 atom stereocenters. The van der Waals surface area contributed by atoms with Crippen LogP contribution in [-0.4, -0.2) is 6.54 Å². The van der Waals surface area contributed by atoms with Gasteiger partial charge in [0.05, 0.1) is 5.82 Å². The number of hydrogen-bond donors (Lipinski definition) is 2. The fourth-order valence-corrected chi connectivity index (χ4v) is 1.86. The van der Waals surface area contributed by atoms with Crippen molar-refractivity contribution in [3.8, 4) is 0 Å². The summed E-state index contributed by atoms with van der Waals surface area (Å²) in [5.74, 6) is -2.61. The van der Waals surface area contributed by atoms with E-state index in [9.17, 15) is 13.2 Å². The molecule has 2 nitrogen and oxygen atoms in total. The molecule has 0 aliphatic carbocycles. The van der Waals surface area contributed by atoms with Gasteiger partial charge >= 0.3 is 0 Å². The van der Waals surface area contributed by atoms with Crippen molar-refractivity contribution in [2.75, 3.05) is 6.54 Å². The maximum atomic E-state index is 13.6. The summed E-state index contributed by atoms with van der Waals surface area (Å²) in [5.41, 5.74) is 4.87. The average molecular weight is 228 g/mol. The number of halogens is 3. The molecule has 0 fully saturated rings. The van der Waals surface area contributed by atoms with Gasteiger partial charge in [-0.15, -0.1) is 0 Å². The van der Waals surface area contributed by atoms with E-state index in [1.165, 1.54) is 0 Å². The molecule has 1 heterocycles. The first-order valence-corrected chi connectivity index (χ1v) is 4.79. The molecule has 86 valence electrons. The summed E-state index contributed by atoms with van der Waals surface area (Å²) >= 11 is 0. The van der Waals surface area contributed by atoms with Gasteiger partial charge in [0, 0.05) is 23.6 Å². The molecule has 5 heteroatoms. The van der Waals surface area contributed by atoms with Crippen LogP contribution in [0.1, 0.15) is 12.5 Å². The van der Waals surface area contributed by atoms with Crippen molar-refractivity contribution in [3.05, 3.63) is 47.0 Å². The van der Waals surface area contributed by atoms with Crippen molar-refractivity contribution in [2.24, 2.45) is 5.73 Å². The maximum absolute atomic E-state index is 13.6. The van der Waals surface area contributed by atoms with Gasteiger partial charge in [0.2, 0.25) is 0 Å². The van der Waals surface area contributed by atoms with E-state index in [0.717, 1.165) is 6.07 Å². The zero-order valence-electron chi connectivity index (χ0n) is 8.65. The Hall–Kier alpha value is -1.65. The van der Waals surface area contributed by atoms with Crippen molar-refractivity contribution < 1.29 is 13.2 Å². The van der Waals surface area contributed by atoms with Crippen LogP contribution in [0.3, 0.4) is 0 Å². The lowest BCUT2D eigenvalue weighted by molar-refractivity contribution is 0.473. The number of rotatable bonds is 1. The summed E-state index contributed by atoms with van der Waals surface area (Å²) in [6, 6.07) is 1.43. The highest BCUT2D eigenvalue weighted by Gasteiger charge is 2.32. The van der Waals surface area contributed by atoms with Crippen molar-refractivity contribution in [1.82, 2.24) is 5.32 Å². The molecule has 0 saturated heterocycles. The summed E-state index contributed by atoms with van der Waals surface area (Å²) in [6.07, 6.45) is 1.60. The Morgan fingerprint density at radius 3 is 2.38 bits per heavy atom. The van der Waals surface area contributed by atoms with E-state index < -0.39 is 22.9 Å². The van der Waals surface area contributed by atoms with Crippen LogP contribution in [0.5, 0.6) is 0 Å². The van der Waals surface area contributed by atoms with Crippen LogP contribution in [0.2, 0.25) is 0 Å². The van der Waals surface area contributed by atoms with Gasteiger partial charge in [0.25, 0.3) is 0 Å². The normalized spacial score (nSPS) is 24.1. The molecule has 1 aromatic carbocycles. The van der Waals surface area contributed by atoms with Crippen LogP contribution in [0.15, 0.2) is 24.0 Å². The smallest absolute Gasteiger partial charge is 0.161 e. The van der Waals surface area contributed by atoms with Gasteiger partial charge < -0.3 is 11.1 Å². The number of benzene rings is 1. The third kappa shape index (κ3) is 1.62. The van der Waals surface area contributed by atoms with Crippen LogP contribution in [0.25, 0.3) is 0 Å². The van der Waals surface area contributed by atoms with Crippen LogP contribution >= 0.6 is 0 Å². The van der Waals surface area contributed by atoms with E-state index in [1.807, 2.05) is 0 Å². The van der Waals surface area contributed by atoms with Gasteiger partial charge in [0.15, 0.2) is 11.6 Å². The second-order valence-corrected chi connectivity index (χ2v) is 4.12. The molecule has 1 aromatic rings. The molecule has 0 amide bonds. The van der Waals surface area contributed by atoms with Crippen LogP contribution < -0.4 is 11.1 Å². The molecular formula is C11H11F3N2. The Kier molecular flexibility index (Phi) is 2.33. The van der Waals surface area contributed by atoms with E-state index in [4.69, 9.17) is 5.73 Å². The standard InChI is InChI=1S/C11H11F3N2/c1-11(4-10(15)16-5-11)6-2-8(13)9(14)3-7(6)12/h2-4,16H,5,15H2,1H3. The van der Waals surface area contributed by atoms with Gasteiger partial charge in [-0.1, -0.05) is 6.92 Å². The molecule has 0 aromatic heterocycles. The first kappa shape index (κ1) is 10.9. The van der Waals surface area contributed by atoms with Crippen LogP contribution in [0.4, 0.5) is 13.2 Å². The van der Waals surface area contributed by atoms with Gasteiger partial charge in [-0.25, -0.2) is 13.2 Å². The van der Waals surface area contributed by atoms with Crippen molar-refractivity contribution in [3.63, 3.8) is 0 Å². The zero-order valence-corrected chi connectivity index (χ0v) is 8.65. The van der Waals surface area contributed by atoms with Gasteiger partial charge in [-0.05, 0) is 12.1 Å². The lowest BCUT2D eigenvalue weighted by atomic mass is 9.83. The lowest BCUT2D eigenvalue weighted by Gasteiger charge is -2.22. The van der Waals surface area contributed by atoms with E-state index in [0.29, 0.717) is 18.4 Å². The highest BCUT2D eigenvalue weighted by Crippen LogP contribution is 2.31. The molecular weight excluding hydrogens is 217 g/mol. The minimum Gasteiger partial charge on any atom is -0.386 e. The fraction of sp³-hybridized carbons (Fsp3) is 0.273. The first-order valence-electron chi connectivity index (χ1n) is 4.79. The topological polar surface area (TPSA) is 38.0 Å². The largest absolute Gasteiger partial charge is 0.386 e. The Labute approximate surface area is 90.9 Å². The maximum Gasteiger partial charge on any atom is 0.161 e. The fourth-order valence-electron chi connectivity index (χ4n) is 1.86. The van der Waals surface area contributed by atoms with Gasteiger partial charge in [0.1, 0.15) is 5.82 Å². The van der Waals surface area contributed by atoms with Gasteiger partial charge in [-0.2, -0.15) is 0 Å². The summed E-state index contributed by atoms with van der Waals surface area (Å²) in [6.45, 7) is 2.07. The van der Waals surface area contributed by atoms with E-state index in [1.54, 1.807) is 13.0 Å². The molecule has 0 radical (unpaired) electrons. The monoisotopic (exact) mass is 228 g/mol. The minimum absolute atomic E-state index is 0.0966. The predicted octanol–water partition coefficient (Wildman–Crippen LogP) is 1.76. The Morgan fingerprint density at radius 2 is 1.81 bits per heavy atom. The van der Waals surface area contributed by atoms with E-state index in [2.05, 4.69) is 5.32 Å². The van der Waals surface area contributed by atoms with Crippen molar-refractivity contribution in [1.29, 1.82) is 0 Å². The van der Waals surface area contributed by atoms with Gasteiger partial charge in [-0.3, -0.25) is 0 Å². The highest BCUT2D eigenvalue weighted by atomic mass is 19.2. The summed E-state index contributed by atoms with van der Waals surface area (Å²) in [7, 11) is 0. The van der Waals surface area contributed by atoms with Crippen molar-refractivity contribution in [2.45, 2.75) is 12.3 Å². The minimum atomic E-state index is -1.19. The molecule has 16 heavy (non-hydrogen) atoms. The first-order chi connectivity index (χ1) is 7.42. The SMILES string of the molecule is CC1(c2cc(F)c(F)cc2F)C=C(N)NC1. The molecule has 0 bridgehead atoms. The molecule has 0 saturated carbocycles.